The highest BCUT2D eigenvalue weighted by Crippen LogP contribution is 2.17. The molecule has 2 rings (SSSR count). The molecule has 22 heavy (non-hydrogen) atoms. The summed E-state index contributed by atoms with van der Waals surface area (Å²) in [4.78, 5) is 16.1. The summed E-state index contributed by atoms with van der Waals surface area (Å²) < 4.78 is 26.4. The first-order valence-electron chi connectivity index (χ1n) is 7.05. The van der Waals surface area contributed by atoms with E-state index in [1.165, 1.54) is 12.3 Å². The van der Waals surface area contributed by atoms with E-state index in [1.807, 2.05) is 0 Å². The Hall–Kier alpha value is -2.50. The highest BCUT2D eigenvalue weighted by molar-refractivity contribution is 6.04. The number of carbonyl (C=O) groups is 1. The molecule has 1 heterocycles. The van der Waals surface area contributed by atoms with Gasteiger partial charge >= 0.3 is 0 Å². The zero-order valence-electron chi connectivity index (χ0n) is 12.2. The lowest BCUT2D eigenvalue weighted by Crippen LogP contribution is -2.14. The van der Waals surface area contributed by atoms with Gasteiger partial charge in [-0.15, -0.1) is 0 Å². The molecular weight excluding hydrogens is 288 g/mol. The first kappa shape index (κ1) is 15.9. The average molecular weight is 305 g/mol. The molecular formula is C16H17F2N3O. The quantitative estimate of drug-likeness (QED) is 0.798. The van der Waals surface area contributed by atoms with Gasteiger partial charge in [0.05, 0.1) is 16.9 Å². The SMILES string of the molecule is CCCCNc1cncc(C(=O)Nc2ccc(F)cc2F)c1. The zero-order chi connectivity index (χ0) is 15.9. The number of hydrogen-bond donors (Lipinski definition) is 2. The van der Waals surface area contributed by atoms with Crippen LogP contribution in [0, 0.1) is 11.6 Å². The second-order valence-electron chi connectivity index (χ2n) is 4.82. The topological polar surface area (TPSA) is 54.0 Å². The predicted molar refractivity (Wildman–Crippen MR) is 81.9 cm³/mol. The molecule has 0 aliphatic carbocycles. The van der Waals surface area contributed by atoms with Crippen molar-refractivity contribution in [2.45, 2.75) is 19.8 Å². The summed E-state index contributed by atoms with van der Waals surface area (Å²) in [5.74, 6) is -2.02. The normalized spacial score (nSPS) is 10.3. The van der Waals surface area contributed by atoms with Gasteiger partial charge in [0.2, 0.25) is 0 Å². The molecule has 1 amide bonds. The molecule has 0 bridgehead atoms. The third kappa shape index (κ3) is 4.25. The number of amides is 1. The molecule has 0 aliphatic heterocycles. The molecule has 0 saturated heterocycles. The smallest absolute Gasteiger partial charge is 0.257 e. The number of hydrogen-bond acceptors (Lipinski definition) is 3. The number of pyridine rings is 1. The number of unbranched alkanes of at least 4 members (excludes halogenated alkanes) is 1. The van der Waals surface area contributed by atoms with Gasteiger partial charge in [0.25, 0.3) is 5.91 Å². The lowest BCUT2D eigenvalue weighted by Gasteiger charge is -2.09. The van der Waals surface area contributed by atoms with Crippen LogP contribution in [0.15, 0.2) is 36.7 Å². The number of halogens is 2. The molecule has 2 N–H and O–H groups in total. The van der Waals surface area contributed by atoms with Gasteiger partial charge in [0.15, 0.2) is 0 Å². The van der Waals surface area contributed by atoms with Crippen molar-refractivity contribution in [3.05, 3.63) is 53.9 Å². The molecule has 116 valence electrons. The van der Waals surface area contributed by atoms with Crippen LogP contribution in [-0.4, -0.2) is 17.4 Å². The van der Waals surface area contributed by atoms with Gasteiger partial charge in [-0.25, -0.2) is 8.78 Å². The Bertz CT molecular complexity index is 662. The fourth-order valence-corrected chi connectivity index (χ4v) is 1.86. The lowest BCUT2D eigenvalue weighted by atomic mass is 10.2. The Kier molecular flexibility index (Phi) is 5.41. The Morgan fingerprint density at radius 3 is 2.77 bits per heavy atom. The molecule has 6 heteroatoms. The number of carbonyl (C=O) groups excluding carboxylic acids is 1. The number of nitrogens with zero attached hydrogens (tertiary/aromatic N) is 1. The second kappa shape index (κ2) is 7.49. The first-order valence-corrected chi connectivity index (χ1v) is 7.05. The number of anilines is 2. The van der Waals surface area contributed by atoms with E-state index in [1.54, 1.807) is 12.3 Å². The Morgan fingerprint density at radius 1 is 1.23 bits per heavy atom. The molecule has 0 radical (unpaired) electrons. The molecule has 0 atom stereocenters. The number of rotatable bonds is 6. The Morgan fingerprint density at radius 2 is 2.05 bits per heavy atom. The third-order valence-corrected chi connectivity index (χ3v) is 3.04. The van der Waals surface area contributed by atoms with Crippen molar-refractivity contribution >= 4 is 17.3 Å². The second-order valence-corrected chi connectivity index (χ2v) is 4.82. The number of aromatic nitrogens is 1. The molecule has 0 aliphatic rings. The standard InChI is InChI=1S/C16H17F2N3O/c1-2-3-6-20-13-7-11(9-19-10-13)16(22)21-15-5-4-12(17)8-14(15)18/h4-5,7-10,20H,2-3,6H2,1H3,(H,21,22). The minimum Gasteiger partial charge on any atom is -0.384 e. The predicted octanol–water partition coefficient (Wildman–Crippen LogP) is 3.82. The van der Waals surface area contributed by atoms with E-state index in [9.17, 15) is 13.6 Å². The highest BCUT2D eigenvalue weighted by Gasteiger charge is 2.11. The monoisotopic (exact) mass is 305 g/mol. The van der Waals surface area contributed by atoms with Gasteiger partial charge in [0, 0.05) is 25.0 Å². The van der Waals surface area contributed by atoms with E-state index in [0.717, 1.165) is 37.2 Å². The van der Waals surface area contributed by atoms with Crippen LogP contribution in [-0.2, 0) is 0 Å². The summed E-state index contributed by atoms with van der Waals surface area (Å²) in [6, 6.07) is 4.62. The van der Waals surface area contributed by atoms with Crippen molar-refractivity contribution in [2.75, 3.05) is 17.2 Å². The van der Waals surface area contributed by atoms with Gasteiger partial charge in [-0.2, -0.15) is 0 Å². The van der Waals surface area contributed by atoms with Crippen molar-refractivity contribution in [2.24, 2.45) is 0 Å². The maximum Gasteiger partial charge on any atom is 0.257 e. The van der Waals surface area contributed by atoms with Crippen LogP contribution in [0.1, 0.15) is 30.1 Å². The van der Waals surface area contributed by atoms with Crippen molar-refractivity contribution in [1.29, 1.82) is 0 Å². The summed E-state index contributed by atoms with van der Waals surface area (Å²) in [5, 5.41) is 5.56. The van der Waals surface area contributed by atoms with E-state index in [2.05, 4.69) is 22.5 Å². The summed E-state index contributed by atoms with van der Waals surface area (Å²) >= 11 is 0. The number of nitrogens with one attached hydrogen (secondary N) is 2. The molecule has 1 aromatic heterocycles. The van der Waals surface area contributed by atoms with Crippen molar-refractivity contribution < 1.29 is 13.6 Å². The maximum atomic E-state index is 13.5. The molecule has 0 unspecified atom stereocenters. The van der Waals surface area contributed by atoms with E-state index < -0.39 is 17.5 Å². The van der Waals surface area contributed by atoms with Gasteiger partial charge in [-0.3, -0.25) is 9.78 Å². The van der Waals surface area contributed by atoms with Gasteiger partial charge in [0.1, 0.15) is 11.6 Å². The largest absolute Gasteiger partial charge is 0.384 e. The van der Waals surface area contributed by atoms with Crippen LogP contribution in [0.2, 0.25) is 0 Å². The maximum absolute atomic E-state index is 13.5. The highest BCUT2D eigenvalue weighted by atomic mass is 19.1. The van der Waals surface area contributed by atoms with Crippen LogP contribution < -0.4 is 10.6 Å². The van der Waals surface area contributed by atoms with Crippen LogP contribution in [0.5, 0.6) is 0 Å². The molecule has 0 spiro atoms. The Balaban J connectivity index is 2.07. The Labute approximate surface area is 127 Å². The van der Waals surface area contributed by atoms with E-state index >= 15 is 0 Å². The summed E-state index contributed by atoms with van der Waals surface area (Å²) in [6.07, 6.45) is 5.08. The number of benzene rings is 1. The molecule has 1 aromatic carbocycles. The van der Waals surface area contributed by atoms with Gasteiger partial charge in [-0.1, -0.05) is 13.3 Å². The lowest BCUT2D eigenvalue weighted by molar-refractivity contribution is 0.102. The minimum atomic E-state index is -0.821. The van der Waals surface area contributed by atoms with Crippen molar-refractivity contribution in [3.63, 3.8) is 0 Å². The van der Waals surface area contributed by atoms with Crippen LogP contribution in [0.25, 0.3) is 0 Å². The molecule has 4 nitrogen and oxygen atoms in total. The average Bonchev–Trinajstić information content (AvgIpc) is 2.50. The first-order chi connectivity index (χ1) is 10.6. The van der Waals surface area contributed by atoms with Gasteiger partial charge < -0.3 is 10.6 Å². The van der Waals surface area contributed by atoms with E-state index in [4.69, 9.17) is 0 Å². The summed E-state index contributed by atoms with van der Waals surface area (Å²) in [6.45, 7) is 2.87. The molecule has 0 fully saturated rings. The summed E-state index contributed by atoms with van der Waals surface area (Å²) in [5.41, 5.74) is 0.946. The fourth-order valence-electron chi connectivity index (χ4n) is 1.86. The fraction of sp³-hybridized carbons (Fsp3) is 0.250. The molecule has 2 aromatic rings. The van der Waals surface area contributed by atoms with Crippen LogP contribution in [0.3, 0.4) is 0 Å². The minimum absolute atomic E-state index is 0.0734. The van der Waals surface area contributed by atoms with Gasteiger partial charge in [-0.05, 0) is 24.6 Å². The summed E-state index contributed by atoms with van der Waals surface area (Å²) in [7, 11) is 0. The van der Waals surface area contributed by atoms with Crippen molar-refractivity contribution in [1.82, 2.24) is 4.98 Å². The third-order valence-electron chi connectivity index (χ3n) is 3.04. The van der Waals surface area contributed by atoms with Crippen LogP contribution >= 0.6 is 0 Å². The van der Waals surface area contributed by atoms with E-state index in [-0.39, 0.29) is 5.69 Å². The van der Waals surface area contributed by atoms with Crippen molar-refractivity contribution in [3.8, 4) is 0 Å². The zero-order valence-corrected chi connectivity index (χ0v) is 12.2. The van der Waals surface area contributed by atoms with Crippen LogP contribution in [0.4, 0.5) is 20.2 Å². The molecule has 0 saturated carbocycles. The van der Waals surface area contributed by atoms with E-state index in [0.29, 0.717) is 5.56 Å².